The van der Waals surface area contributed by atoms with Gasteiger partial charge in [0.1, 0.15) is 11.5 Å². The Morgan fingerprint density at radius 2 is 1.77 bits per heavy atom. The van der Waals surface area contributed by atoms with E-state index in [0.29, 0.717) is 11.5 Å². The van der Waals surface area contributed by atoms with Crippen molar-refractivity contribution >= 4 is 0 Å². The molecule has 0 saturated heterocycles. The van der Waals surface area contributed by atoms with Gasteiger partial charge in [-0.3, -0.25) is 0 Å². The summed E-state index contributed by atoms with van der Waals surface area (Å²) >= 11 is 0. The van der Waals surface area contributed by atoms with E-state index in [1.807, 2.05) is 12.2 Å². The van der Waals surface area contributed by atoms with Gasteiger partial charge in [0, 0.05) is 0 Å². The molecule has 0 amide bonds. The molecule has 0 fully saturated rings. The van der Waals surface area contributed by atoms with Crippen LogP contribution in [0.15, 0.2) is 47.7 Å². The SMILES string of the molecule is CCCC1=CC(Oc2ccc(C(F)(F)F)cc2)=CCC1(C)C. The highest BCUT2D eigenvalue weighted by Crippen LogP contribution is 2.38. The second-order valence-corrected chi connectivity index (χ2v) is 6.24. The zero-order valence-corrected chi connectivity index (χ0v) is 13.1. The number of allylic oxidation sites excluding steroid dienone is 3. The molecule has 120 valence electrons. The molecule has 2 rings (SSSR count). The number of hydrogen-bond acceptors (Lipinski definition) is 1. The standard InChI is InChI=1S/C18H21F3O/c1-4-5-14-12-16(10-11-17(14,2)3)22-15-8-6-13(7-9-15)18(19,20)21/h6-10,12H,4-5,11H2,1-3H3. The van der Waals surface area contributed by atoms with E-state index in [9.17, 15) is 13.2 Å². The number of rotatable bonds is 4. The summed E-state index contributed by atoms with van der Waals surface area (Å²) in [5.41, 5.74) is 0.767. The highest BCUT2D eigenvalue weighted by molar-refractivity contribution is 5.35. The number of halogens is 3. The van der Waals surface area contributed by atoms with Crippen LogP contribution in [-0.2, 0) is 6.18 Å². The Morgan fingerprint density at radius 1 is 1.14 bits per heavy atom. The van der Waals surface area contributed by atoms with Crippen LogP contribution in [0.3, 0.4) is 0 Å². The summed E-state index contributed by atoms with van der Waals surface area (Å²) < 4.78 is 43.3. The Bertz CT molecular complexity index is 577. The largest absolute Gasteiger partial charge is 0.458 e. The first kappa shape index (κ1) is 16.7. The van der Waals surface area contributed by atoms with Crippen LogP contribution < -0.4 is 4.74 Å². The third-order valence-corrected chi connectivity index (χ3v) is 3.94. The Balaban J connectivity index is 2.13. The molecule has 0 atom stereocenters. The molecule has 0 radical (unpaired) electrons. The predicted molar refractivity (Wildman–Crippen MR) is 81.5 cm³/mol. The highest BCUT2D eigenvalue weighted by atomic mass is 19.4. The summed E-state index contributed by atoms with van der Waals surface area (Å²) in [7, 11) is 0. The number of alkyl halides is 3. The Kier molecular flexibility index (Phi) is 4.69. The molecule has 0 aliphatic heterocycles. The van der Waals surface area contributed by atoms with E-state index < -0.39 is 11.7 Å². The lowest BCUT2D eigenvalue weighted by Crippen LogP contribution is -2.18. The van der Waals surface area contributed by atoms with Gasteiger partial charge in [-0.05, 0) is 54.7 Å². The monoisotopic (exact) mass is 310 g/mol. The third-order valence-electron chi connectivity index (χ3n) is 3.94. The molecule has 0 unspecified atom stereocenters. The number of ether oxygens (including phenoxy) is 1. The first-order chi connectivity index (χ1) is 10.2. The lowest BCUT2D eigenvalue weighted by molar-refractivity contribution is -0.137. The molecule has 0 saturated carbocycles. The van der Waals surface area contributed by atoms with Crippen molar-refractivity contribution in [2.45, 2.75) is 46.2 Å². The minimum absolute atomic E-state index is 0.114. The van der Waals surface area contributed by atoms with Crippen molar-refractivity contribution in [2.24, 2.45) is 5.41 Å². The summed E-state index contributed by atoms with van der Waals surface area (Å²) in [5.74, 6) is 1.13. The molecule has 1 nitrogen and oxygen atoms in total. The van der Waals surface area contributed by atoms with Crippen LogP contribution in [0.1, 0.15) is 45.6 Å². The van der Waals surface area contributed by atoms with E-state index >= 15 is 0 Å². The third kappa shape index (κ3) is 3.93. The molecule has 0 aromatic heterocycles. The summed E-state index contributed by atoms with van der Waals surface area (Å²) in [6.45, 7) is 6.52. The minimum atomic E-state index is -4.32. The van der Waals surface area contributed by atoms with Crippen molar-refractivity contribution in [2.75, 3.05) is 0 Å². The first-order valence-corrected chi connectivity index (χ1v) is 7.49. The molecular formula is C18H21F3O. The Morgan fingerprint density at radius 3 is 2.32 bits per heavy atom. The molecule has 1 aromatic rings. The van der Waals surface area contributed by atoms with E-state index in [4.69, 9.17) is 4.74 Å². The minimum Gasteiger partial charge on any atom is -0.458 e. The van der Waals surface area contributed by atoms with Gasteiger partial charge < -0.3 is 4.74 Å². The smallest absolute Gasteiger partial charge is 0.416 e. The Hall–Kier alpha value is -1.71. The van der Waals surface area contributed by atoms with Gasteiger partial charge in [0.2, 0.25) is 0 Å². The van der Waals surface area contributed by atoms with Gasteiger partial charge in [-0.1, -0.05) is 32.8 Å². The van der Waals surface area contributed by atoms with Crippen LogP contribution in [-0.4, -0.2) is 0 Å². The highest BCUT2D eigenvalue weighted by Gasteiger charge is 2.30. The van der Waals surface area contributed by atoms with E-state index in [0.717, 1.165) is 31.4 Å². The van der Waals surface area contributed by atoms with Gasteiger partial charge in [-0.25, -0.2) is 0 Å². The predicted octanol–water partition coefficient (Wildman–Crippen LogP) is 6.12. The van der Waals surface area contributed by atoms with Crippen molar-refractivity contribution in [3.63, 3.8) is 0 Å². The van der Waals surface area contributed by atoms with Crippen LogP contribution in [0.25, 0.3) is 0 Å². The maximum atomic E-state index is 12.5. The zero-order chi connectivity index (χ0) is 16.4. The van der Waals surface area contributed by atoms with Crippen molar-refractivity contribution < 1.29 is 17.9 Å². The van der Waals surface area contributed by atoms with Crippen molar-refractivity contribution in [1.29, 1.82) is 0 Å². The zero-order valence-electron chi connectivity index (χ0n) is 13.1. The van der Waals surface area contributed by atoms with E-state index in [1.54, 1.807) is 0 Å². The number of benzene rings is 1. The molecule has 0 bridgehead atoms. The maximum Gasteiger partial charge on any atom is 0.416 e. The average molecular weight is 310 g/mol. The van der Waals surface area contributed by atoms with Gasteiger partial charge >= 0.3 is 6.18 Å². The van der Waals surface area contributed by atoms with Crippen LogP contribution in [0.2, 0.25) is 0 Å². The summed E-state index contributed by atoms with van der Waals surface area (Å²) in [6, 6.07) is 4.80. The summed E-state index contributed by atoms with van der Waals surface area (Å²) in [4.78, 5) is 0. The van der Waals surface area contributed by atoms with Crippen molar-refractivity contribution in [3.8, 4) is 5.75 Å². The van der Waals surface area contributed by atoms with E-state index in [-0.39, 0.29) is 5.41 Å². The lowest BCUT2D eigenvalue weighted by Gasteiger charge is -2.30. The van der Waals surface area contributed by atoms with E-state index in [2.05, 4.69) is 20.8 Å². The van der Waals surface area contributed by atoms with Crippen molar-refractivity contribution in [1.82, 2.24) is 0 Å². The normalized spacial score (nSPS) is 17.7. The molecule has 1 aliphatic carbocycles. The quantitative estimate of drug-likeness (QED) is 0.650. The van der Waals surface area contributed by atoms with Gasteiger partial charge in [-0.15, -0.1) is 0 Å². The summed E-state index contributed by atoms with van der Waals surface area (Å²) in [6.07, 6.45) is 2.63. The lowest BCUT2D eigenvalue weighted by atomic mass is 9.76. The second-order valence-electron chi connectivity index (χ2n) is 6.24. The fourth-order valence-electron chi connectivity index (χ4n) is 2.51. The molecule has 0 N–H and O–H groups in total. The van der Waals surface area contributed by atoms with Crippen LogP contribution in [0.5, 0.6) is 5.75 Å². The Labute approximate surface area is 129 Å². The first-order valence-electron chi connectivity index (χ1n) is 7.49. The van der Waals surface area contributed by atoms with Gasteiger partial charge in [0.25, 0.3) is 0 Å². The molecule has 4 heteroatoms. The molecular weight excluding hydrogens is 289 g/mol. The topological polar surface area (TPSA) is 9.23 Å². The fraction of sp³-hybridized carbons (Fsp3) is 0.444. The second kappa shape index (κ2) is 6.19. The average Bonchev–Trinajstić information content (AvgIpc) is 2.43. The molecule has 1 aromatic carbocycles. The van der Waals surface area contributed by atoms with Crippen molar-refractivity contribution in [3.05, 3.63) is 53.3 Å². The van der Waals surface area contributed by atoms with E-state index in [1.165, 1.54) is 17.7 Å². The molecule has 0 heterocycles. The number of hydrogen-bond donors (Lipinski definition) is 0. The summed E-state index contributed by atoms with van der Waals surface area (Å²) in [5, 5.41) is 0. The molecule has 0 spiro atoms. The molecule has 22 heavy (non-hydrogen) atoms. The van der Waals surface area contributed by atoms with Crippen LogP contribution in [0.4, 0.5) is 13.2 Å². The maximum absolute atomic E-state index is 12.5. The van der Waals surface area contributed by atoms with Gasteiger partial charge in [0.15, 0.2) is 0 Å². The van der Waals surface area contributed by atoms with Crippen LogP contribution in [0, 0.1) is 5.41 Å². The fourth-order valence-corrected chi connectivity index (χ4v) is 2.51. The molecule has 1 aliphatic rings. The van der Waals surface area contributed by atoms with Crippen LogP contribution >= 0.6 is 0 Å². The van der Waals surface area contributed by atoms with Gasteiger partial charge in [-0.2, -0.15) is 13.2 Å². The van der Waals surface area contributed by atoms with Gasteiger partial charge in [0.05, 0.1) is 5.56 Å².